The lowest BCUT2D eigenvalue weighted by molar-refractivity contribution is 0.566. The van der Waals surface area contributed by atoms with Crippen LogP contribution in [0.25, 0.3) is 11.3 Å². The molecule has 62 valence electrons. The van der Waals surface area contributed by atoms with Gasteiger partial charge in [0.05, 0.1) is 18.2 Å². The van der Waals surface area contributed by atoms with Crippen LogP contribution in [0.1, 0.15) is 11.1 Å². The summed E-state index contributed by atoms with van der Waals surface area (Å²) in [6.45, 7) is 4.12. The second-order valence-electron chi connectivity index (χ2n) is 3.00. The maximum absolute atomic E-state index is 5.10. The summed E-state index contributed by atoms with van der Waals surface area (Å²) in [4.78, 5) is 3.19. The van der Waals surface area contributed by atoms with Gasteiger partial charge >= 0.3 is 0 Å². The number of furan rings is 1. The standard InChI is InChI=1S/C10H11NO/c1-7-3-4-11-10(7)9-6-12-5-8(9)2/h3-6,11H,1-2H3. The topological polar surface area (TPSA) is 28.9 Å². The van der Waals surface area contributed by atoms with Gasteiger partial charge in [-0.3, -0.25) is 0 Å². The van der Waals surface area contributed by atoms with E-state index in [1.165, 1.54) is 11.1 Å². The highest BCUT2D eigenvalue weighted by Gasteiger charge is 2.06. The fourth-order valence-corrected chi connectivity index (χ4v) is 1.35. The molecule has 0 aliphatic heterocycles. The first kappa shape index (κ1) is 7.22. The molecule has 0 spiro atoms. The van der Waals surface area contributed by atoms with E-state index in [0.29, 0.717) is 0 Å². The lowest BCUT2D eigenvalue weighted by Gasteiger charge is -1.96. The van der Waals surface area contributed by atoms with E-state index in [1.807, 2.05) is 13.1 Å². The molecule has 0 amide bonds. The Bertz CT molecular complexity index is 346. The molecule has 0 aliphatic carbocycles. The highest BCUT2D eigenvalue weighted by molar-refractivity contribution is 5.65. The van der Waals surface area contributed by atoms with Gasteiger partial charge in [-0.05, 0) is 31.0 Å². The summed E-state index contributed by atoms with van der Waals surface area (Å²) in [5.41, 5.74) is 4.72. The average molecular weight is 161 g/mol. The minimum atomic E-state index is 1.15. The van der Waals surface area contributed by atoms with Crippen LogP contribution in [0.4, 0.5) is 0 Å². The molecule has 0 aromatic carbocycles. The molecule has 0 radical (unpaired) electrons. The molecule has 2 heterocycles. The zero-order valence-corrected chi connectivity index (χ0v) is 7.22. The van der Waals surface area contributed by atoms with Crippen molar-refractivity contribution >= 4 is 0 Å². The van der Waals surface area contributed by atoms with Crippen LogP contribution in [0.2, 0.25) is 0 Å². The van der Waals surface area contributed by atoms with Crippen LogP contribution in [0.15, 0.2) is 29.2 Å². The largest absolute Gasteiger partial charge is 0.472 e. The van der Waals surface area contributed by atoms with Crippen LogP contribution < -0.4 is 0 Å². The molecule has 0 atom stereocenters. The van der Waals surface area contributed by atoms with Crippen molar-refractivity contribution in [1.82, 2.24) is 4.98 Å². The van der Waals surface area contributed by atoms with E-state index in [2.05, 4.69) is 18.0 Å². The van der Waals surface area contributed by atoms with Crippen LogP contribution in [-0.2, 0) is 0 Å². The first-order chi connectivity index (χ1) is 5.79. The Kier molecular flexibility index (Phi) is 1.54. The monoisotopic (exact) mass is 161 g/mol. The Morgan fingerprint density at radius 3 is 2.50 bits per heavy atom. The Balaban J connectivity index is 2.57. The highest BCUT2D eigenvalue weighted by atomic mass is 16.3. The van der Waals surface area contributed by atoms with E-state index in [9.17, 15) is 0 Å². The van der Waals surface area contributed by atoms with Crippen molar-refractivity contribution in [3.8, 4) is 11.3 Å². The molecule has 2 nitrogen and oxygen atoms in total. The van der Waals surface area contributed by atoms with E-state index in [1.54, 1.807) is 12.5 Å². The van der Waals surface area contributed by atoms with Gasteiger partial charge in [-0.1, -0.05) is 0 Å². The van der Waals surface area contributed by atoms with Gasteiger partial charge in [0.25, 0.3) is 0 Å². The first-order valence-electron chi connectivity index (χ1n) is 3.96. The minimum absolute atomic E-state index is 1.15. The van der Waals surface area contributed by atoms with Gasteiger partial charge in [-0.15, -0.1) is 0 Å². The van der Waals surface area contributed by atoms with Gasteiger partial charge in [-0.25, -0.2) is 0 Å². The summed E-state index contributed by atoms with van der Waals surface area (Å²) >= 11 is 0. The third-order valence-corrected chi connectivity index (χ3v) is 2.08. The Morgan fingerprint density at radius 2 is 2.00 bits per heavy atom. The van der Waals surface area contributed by atoms with Crippen molar-refractivity contribution in [3.05, 3.63) is 35.9 Å². The van der Waals surface area contributed by atoms with E-state index < -0.39 is 0 Å². The van der Waals surface area contributed by atoms with Crippen LogP contribution in [0.3, 0.4) is 0 Å². The quantitative estimate of drug-likeness (QED) is 0.684. The average Bonchev–Trinajstić information content (AvgIpc) is 2.59. The molecule has 0 aliphatic rings. The van der Waals surface area contributed by atoms with Crippen LogP contribution >= 0.6 is 0 Å². The number of aryl methyl sites for hydroxylation is 2. The smallest absolute Gasteiger partial charge is 0.0998 e. The van der Waals surface area contributed by atoms with E-state index >= 15 is 0 Å². The number of rotatable bonds is 1. The number of aromatic nitrogens is 1. The van der Waals surface area contributed by atoms with Crippen molar-refractivity contribution in [2.24, 2.45) is 0 Å². The second-order valence-corrected chi connectivity index (χ2v) is 3.00. The van der Waals surface area contributed by atoms with Gasteiger partial charge in [0.2, 0.25) is 0 Å². The molecule has 2 aromatic rings. The lowest BCUT2D eigenvalue weighted by Crippen LogP contribution is -1.79. The molecule has 0 unspecified atom stereocenters. The Morgan fingerprint density at radius 1 is 1.17 bits per heavy atom. The van der Waals surface area contributed by atoms with Crippen molar-refractivity contribution in [2.45, 2.75) is 13.8 Å². The number of H-pyrrole nitrogens is 1. The maximum atomic E-state index is 5.10. The summed E-state index contributed by atoms with van der Waals surface area (Å²) in [5, 5.41) is 0. The van der Waals surface area contributed by atoms with E-state index in [4.69, 9.17) is 4.42 Å². The van der Waals surface area contributed by atoms with E-state index in [0.717, 1.165) is 11.3 Å². The molecule has 2 heteroatoms. The number of aromatic amines is 1. The zero-order valence-electron chi connectivity index (χ0n) is 7.22. The van der Waals surface area contributed by atoms with E-state index in [-0.39, 0.29) is 0 Å². The molecule has 2 rings (SSSR count). The second kappa shape index (κ2) is 2.55. The molecule has 1 N–H and O–H groups in total. The van der Waals surface area contributed by atoms with Gasteiger partial charge in [0.15, 0.2) is 0 Å². The van der Waals surface area contributed by atoms with Crippen molar-refractivity contribution in [2.75, 3.05) is 0 Å². The fourth-order valence-electron chi connectivity index (χ4n) is 1.35. The lowest BCUT2D eigenvalue weighted by atomic mass is 10.1. The fraction of sp³-hybridized carbons (Fsp3) is 0.200. The molecule has 0 bridgehead atoms. The van der Waals surface area contributed by atoms with Gasteiger partial charge in [-0.2, -0.15) is 0 Å². The molecule has 12 heavy (non-hydrogen) atoms. The normalized spacial score (nSPS) is 10.5. The predicted molar refractivity (Wildman–Crippen MR) is 48.0 cm³/mol. The molecule has 0 fully saturated rings. The van der Waals surface area contributed by atoms with Crippen molar-refractivity contribution in [1.29, 1.82) is 0 Å². The molecule has 2 aromatic heterocycles. The van der Waals surface area contributed by atoms with Crippen LogP contribution in [0, 0.1) is 13.8 Å². The summed E-state index contributed by atoms with van der Waals surface area (Å²) in [7, 11) is 0. The zero-order chi connectivity index (χ0) is 8.55. The number of hydrogen-bond acceptors (Lipinski definition) is 1. The van der Waals surface area contributed by atoms with Crippen LogP contribution in [-0.4, -0.2) is 4.98 Å². The molecule has 0 saturated heterocycles. The highest BCUT2D eigenvalue weighted by Crippen LogP contribution is 2.25. The molecule has 0 saturated carbocycles. The van der Waals surface area contributed by atoms with Crippen LogP contribution in [0.5, 0.6) is 0 Å². The SMILES string of the molecule is Cc1cocc1-c1[nH]ccc1C. The summed E-state index contributed by atoms with van der Waals surface area (Å²) < 4.78 is 5.10. The Hall–Kier alpha value is -1.44. The summed E-state index contributed by atoms with van der Waals surface area (Å²) in [6, 6.07) is 2.06. The third kappa shape index (κ3) is 0.961. The number of nitrogens with one attached hydrogen (secondary N) is 1. The molecular weight excluding hydrogens is 150 g/mol. The van der Waals surface area contributed by atoms with Crippen molar-refractivity contribution in [3.63, 3.8) is 0 Å². The predicted octanol–water partition coefficient (Wildman–Crippen LogP) is 2.89. The first-order valence-corrected chi connectivity index (χ1v) is 3.96. The summed E-state index contributed by atoms with van der Waals surface area (Å²) in [6.07, 6.45) is 5.47. The Labute approximate surface area is 71.2 Å². The van der Waals surface area contributed by atoms with Gasteiger partial charge in [0.1, 0.15) is 0 Å². The third-order valence-electron chi connectivity index (χ3n) is 2.08. The minimum Gasteiger partial charge on any atom is -0.472 e. The number of hydrogen-bond donors (Lipinski definition) is 1. The van der Waals surface area contributed by atoms with Crippen molar-refractivity contribution < 1.29 is 4.42 Å². The van der Waals surface area contributed by atoms with Gasteiger partial charge < -0.3 is 9.40 Å². The summed E-state index contributed by atoms with van der Waals surface area (Å²) in [5.74, 6) is 0. The maximum Gasteiger partial charge on any atom is 0.0998 e. The van der Waals surface area contributed by atoms with Gasteiger partial charge in [0, 0.05) is 11.8 Å². The molecular formula is C10H11NO.